The third kappa shape index (κ3) is 4.94. The lowest BCUT2D eigenvalue weighted by Crippen LogP contribution is -2.28. The van der Waals surface area contributed by atoms with Gasteiger partial charge < -0.3 is 5.32 Å². The van der Waals surface area contributed by atoms with Gasteiger partial charge in [0, 0.05) is 32.1 Å². The van der Waals surface area contributed by atoms with Gasteiger partial charge in [-0.3, -0.25) is 14.9 Å². The van der Waals surface area contributed by atoms with Gasteiger partial charge in [0.2, 0.25) is 15.9 Å². The first-order chi connectivity index (χ1) is 13.8. The monoisotopic (exact) mass is 434 g/mol. The summed E-state index contributed by atoms with van der Waals surface area (Å²) in [5.41, 5.74) is 0.625. The van der Waals surface area contributed by atoms with Crippen molar-refractivity contribution < 1.29 is 18.1 Å². The highest BCUT2D eigenvalue weighted by molar-refractivity contribution is 7.89. The Labute approximate surface area is 171 Å². The Morgan fingerprint density at radius 3 is 2.55 bits per heavy atom. The van der Waals surface area contributed by atoms with Crippen molar-refractivity contribution in [3.8, 4) is 0 Å². The third-order valence-electron chi connectivity index (χ3n) is 4.17. The SMILES string of the molecule is CN(CCCC(=O)Nc1nc2ccccc2s1)S(=O)(=O)c1ccc([N+](=O)[O-])cc1. The molecule has 0 bridgehead atoms. The molecule has 0 radical (unpaired) electrons. The minimum absolute atomic E-state index is 0.0375. The molecule has 1 amide bonds. The standard InChI is InChI=1S/C18H18N4O5S2/c1-21(29(26,27)14-10-8-13(9-11-14)22(24)25)12-4-7-17(23)20-18-19-15-5-2-3-6-16(15)28-18/h2-3,5-6,8-11H,4,7,12H2,1H3,(H,19,20,23). The quantitative estimate of drug-likeness (QED) is 0.429. The number of sulfonamides is 1. The number of benzene rings is 2. The molecule has 152 valence electrons. The van der Waals surface area contributed by atoms with Gasteiger partial charge in [-0.25, -0.2) is 17.7 Å². The van der Waals surface area contributed by atoms with Crippen LogP contribution in [-0.4, -0.2) is 42.1 Å². The Balaban J connectivity index is 1.53. The van der Waals surface area contributed by atoms with Crippen LogP contribution in [0.3, 0.4) is 0 Å². The number of hydrogen-bond donors (Lipinski definition) is 1. The molecule has 0 saturated carbocycles. The molecule has 11 heteroatoms. The van der Waals surface area contributed by atoms with Crippen molar-refractivity contribution in [2.24, 2.45) is 0 Å². The summed E-state index contributed by atoms with van der Waals surface area (Å²) in [5.74, 6) is -0.245. The van der Waals surface area contributed by atoms with Gasteiger partial charge in [0.05, 0.1) is 20.0 Å². The van der Waals surface area contributed by atoms with E-state index in [0.29, 0.717) is 11.6 Å². The number of carbonyl (C=O) groups excluding carboxylic acids is 1. The highest BCUT2D eigenvalue weighted by Crippen LogP contribution is 2.25. The number of fused-ring (bicyclic) bond motifs is 1. The summed E-state index contributed by atoms with van der Waals surface area (Å²) in [6.45, 7) is 0.132. The molecule has 1 heterocycles. The molecular weight excluding hydrogens is 416 g/mol. The summed E-state index contributed by atoms with van der Waals surface area (Å²) in [6.07, 6.45) is 0.454. The van der Waals surface area contributed by atoms with Crippen LogP contribution in [0.1, 0.15) is 12.8 Å². The maximum atomic E-state index is 12.5. The molecule has 0 saturated heterocycles. The number of aromatic nitrogens is 1. The second-order valence-electron chi connectivity index (χ2n) is 6.22. The van der Waals surface area contributed by atoms with Crippen LogP contribution < -0.4 is 5.32 Å². The van der Waals surface area contributed by atoms with Crippen molar-refractivity contribution in [2.75, 3.05) is 18.9 Å². The molecule has 3 aromatic rings. The molecule has 9 nitrogen and oxygen atoms in total. The van der Waals surface area contributed by atoms with E-state index >= 15 is 0 Å². The fraction of sp³-hybridized carbons (Fsp3) is 0.222. The lowest BCUT2D eigenvalue weighted by molar-refractivity contribution is -0.384. The molecule has 2 aromatic carbocycles. The summed E-state index contributed by atoms with van der Waals surface area (Å²) < 4.78 is 27.1. The first-order valence-electron chi connectivity index (χ1n) is 8.63. The molecular formula is C18H18N4O5S2. The van der Waals surface area contributed by atoms with Crippen LogP contribution in [0.25, 0.3) is 10.2 Å². The Hall–Kier alpha value is -2.89. The van der Waals surface area contributed by atoms with Gasteiger partial charge in [0.15, 0.2) is 5.13 Å². The van der Waals surface area contributed by atoms with E-state index < -0.39 is 14.9 Å². The third-order valence-corrected chi connectivity index (χ3v) is 7.00. The number of para-hydroxylation sites is 1. The molecule has 0 aliphatic heterocycles. The summed E-state index contributed by atoms with van der Waals surface area (Å²) in [6, 6.07) is 12.2. The number of anilines is 1. The van der Waals surface area contributed by atoms with E-state index in [2.05, 4.69) is 10.3 Å². The van der Waals surface area contributed by atoms with E-state index in [0.717, 1.165) is 26.7 Å². The lowest BCUT2D eigenvalue weighted by Gasteiger charge is -2.16. The summed E-state index contributed by atoms with van der Waals surface area (Å²) in [7, 11) is -2.38. The minimum atomic E-state index is -3.79. The fourth-order valence-corrected chi connectivity index (χ4v) is 4.70. The number of carbonyl (C=O) groups is 1. The van der Waals surface area contributed by atoms with Crippen molar-refractivity contribution in [3.63, 3.8) is 0 Å². The number of amides is 1. The first kappa shape index (κ1) is 20.8. The van der Waals surface area contributed by atoms with Crippen molar-refractivity contribution in [2.45, 2.75) is 17.7 Å². The molecule has 0 atom stereocenters. The van der Waals surface area contributed by atoms with Crippen LogP contribution in [-0.2, 0) is 14.8 Å². The van der Waals surface area contributed by atoms with Gasteiger partial charge in [0.25, 0.3) is 5.69 Å². The first-order valence-corrected chi connectivity index (χ1v) is 10.9. The smallest absolute Gasteiger partial charge is 0.269 e. The van der Waals surface area contributed by atoms with E-state index in [4.69, 9.17) is 0 Å². The highest BCUT2D eigenvalue weighted by Gasteiger charge is 2.21. The van der Waals surface area contributed by atoms with Crippen LogP contribution in [0.2, 0.25) is 0 Å². The summed E-state index contributed by atoms with van der Waals surface area (Å²) in [4.78, 5) is 26.5. The van der Waals surface area contributed by atoms with Crippen molar-refractivity contribution in [3.05, 3.63) is 58.6 Å². The van der Waals surface area contributed by atoms with Gasteiger partial charge in [-0.2, -0.15) is 0 Å². The molecule has 0 aliphatic rings. The number of thiazole rings is 1. The fourth-order valence-electron chi connectivity index (χ4n) is 2.61. The predicted octanol–water partition coefficient (Wildman–Crippen LogP) is 3.24. The molecule has 0 unspecified atom stereocenters. The zero-order valence-corrected chi connectivity index (χ0v) is 17.1. The van der Waals surface area contributed by atoms with Gasteiger partial charge in [-0.1, -0.05) is 23.5 Å². The van der Waals surface area contributed by atoms with Crippen LogP contribution in [0.5, 0.6) is 0 Å². The van der Waals surface area contributed by atoms with Crippen molar-refractivity contribution in [1.29, 1.82) is 0 Å². The van der Waals surface area contributed by atoms with E-state index in [1.54, 1.807) is 0 Å². The van der Waals surface area contributed by atoms with Crippen molar-refractivity contribution in [1.82, 2.24) is 9.29 Å². The van der Waals surface area contributed by atoms with Crippen LogP contribution in [0.4, 0.5) is 10.8 Å². The van der Waals surface area contributed by atoms with Crippen LogP contribution in [0.15, 0.2) is 53.4 Å². The number of rotatable bonds is 8. The second kappa shape index (κ2) is 8.64. The van der Waals surface area contributed by atoms with E-state index in [9.17, 15) is 23.3 Å². The average molecular weight is 434 g/mol. The molecule has 3 rings (SSSR count). The van der Waals surface area contributed by atoms with E-state index in [1.807, 2.05) is 24.3 Å². The summed E-state index contributed by atoms with van der Waals surface area (Å²) in [5, 5.41) is 13.9. The van der Waals surface area contributed by atoms with Crippen LogP contribution >= 0.6 is 11.3 Å². The number of hydrogen-bond acceptors (Lipinski definition) is 7. The van der Waals surface area contributed by atoms with Gasteiger partial charge in [-0.15, -0.1) is 0 Å². The lowest BCUT2D eigenvalue weighted by atomic mass is 10.3. The van der Waals surface area contributed by atoms with Gasteiger partial charge in [-0.05, 0) is 30.7 Å². The molecule has 1 N–H and O–H groups in total. The Morgan fingerprint density at radius 2 is 1.90 bits per heavy atom. The molecule has 0 spiro atoms. The topological polar surface area (TPSA) is 123 Å². The second-order valence-corrected chi connectivity index (χ2v) is 9.29. The van der Waals surface area contributed by atoms with E-state index in [1.165, 1.54) is 30.5 Å². The maximum absolute atomic E-state index is 12.5. The van der Waals surface area contributed by atoms with Crippen LogP contribution in [0, 0.1) is 10.1 Å². The number of nitro groups is 1. The Morgan fingerprint density at radius 1 is 1.21 bits per heavy atom. The molecule has 29 heavy (non-hydrogen) atoms. The Bertz CT molecular complexity index is 1110. The normalized spacial score (nSPS) is 11.7. The molecule has 0 fully saturated rings. The molecule has 1 aromatic heterocycles. The number of nitrogens with one attached hydrogen (secondary N) is 1. The maximum Gasteiger partial charge on any atom is 0.269 e. The Kier molecular flexibility index (Phi) is 6.20. The van der Waals surface area contributed by atoms with E-state index in [-0.39, 0.29) is 29.5 Å². The summed E-state index contributed by atoms with van der Waals surface area (Å²) >= 11 is 1.37. The van der Waals surface area contributed by atoms with Gasteiger partial charge >= 0.3 is 0 Å². The highest BCUT2D eigenvalue weighted by atomic mass is 32.2. The number of nitrogens with zero attached hydrogens (tertiary/aromatic N) is 3. The van der Waals surface area contributed by atoms with Crippen molar-refractivity contribution >= 4 is 48.3 Å². The predicted molar refractivity (Wildman–Crippen MR) is 110 cm³/mol. The minimum Gasteiger partial charge on any atom is -0.302 e. The number of nitro benzene ring substituents is 1. The zero-order valence-electron chi connectivity index (χ0n) is 15.4. The van der Waals surface area contributed by atoms with Gasteiger partial charge in [0.1, 0.15) is 0 Å². The largest absolute Gasteiger partial charge is 0.302 e. The molecule has 0 aliphatic carbocycles. The average Bonchev–Trinajstić information content (AvgIpc) is 3.10. The number of non-ortho nitro benzene ring substituents is 1. The zero-order chi connectivity index (χ0) is 21.0.